The Bertz CT molecular complexity index is 1060. The van der Waals surface area contributed by atoms with E-state index in [0.717, 1.165) is 16.9 Å². The molecule has 156 valence electrons. The third kappa shape index (κ3) is 3.69. The maximum Gasteiger partial charge on any atom is 0.269 e. The van der Waals surface area contributed by atoms with Crippen LogP contribution in [0.4, 0.5) is 0 Å². The Morgan fingerprint density at radius 1 is 1.10 bits per heavy atom. The van der Waals surface area contributed by atoms with Gasteiger partial charge in [-0.2, -0.15) is 5.10 Å². The number of fused-ring (bicyclic) bond motifs is 1. The molecule has 30 heavy (non-hydrogen) atoms. The van der Waals surface area contributed by atoms with Gasteiger partial charge < -0.3 is 19.5 Å². The van der Waals surface area contributed by atoms with E-state index in [-0.39, 0.29) is 12.1 Å². The number of methoxy groups -OCH3 is 3. The summed E-state index contributed by atoms with van der Waals surface area (Å²) in [6, 6.07) is 15.2. The van der Waals surface area contributed by atoms with Crippen molar-refractivity contribution in [3.63, 3.8) is 0 Å². The van der Waals surface area contributed by atoms with Crippen molar-refractivity contribution in [2.24, 2.45) is 0 Å². The molecule has 4 rings (SSSR count). The molecule has 0 radical (unpaired) electrons. The van der Waals surface area contributed by atoms with Crippen LogP contribution in [0, 0.1) is 0 Å². The van der Waals surface area contributed by atoms with Gasteiger partial charge in [0.25, 0.3) is 5.91 Å². The lowest BCUT2D eigenvalue weighted by atomic mass is 10.1. The summed E-state index contributed by atoms with van der Waals surface area (Å²) < 4.78 is 17.9. The van der Waals surface area contributed by atoms with Gasteiger partial charge in [0, 0.05) is 17.7 Å². The summed E-state index contributed by atoms with van der Waals surface area (Å²) >= 11 is 0. The molecule has 0 saturated heterocycles. The summed E-state index contributed by atoms with van der Waals surface area (Å²) in [4.78, 5) is 12.4. The molecule has 1 amide bonds. The Morgan fingerprint density at radius 3 is 2.70 bits per heavy atom. The van der Waals surface area contributed by atoms with Gasteiger partial charge in [0.1, 0.15) is 17.6 Å². The first-order chi connectivity index (χ1) is 14.6. The Hall–Kier alpha value is -3.52. The highest BCUT2D eigenvalue weighted by Gasteiger charge is 2.27. The van der Waals surface area contributed by atoms with E-state index >= 15 is 0 Å². The molecule has 1 aliphatic rings. The molecule has 0 spiro atoms. The SMILES string of the molecule is COc1cccc(-c2cc3n(n2)[C@@H](NCc2cccc(OC)c2OC)CNC3=O)c1. The number of hydrogen-bond acceptors (Lipinski definition) is 6. The number of para-hydroxylation sites is 1. The van der Waals surface area contributed by atoms with E-state index < -0.39 is 0 Å². The largest absolute Gasteiger partial charge is 0.497 e. The third-order valence-corrected chi connectivity index (χ3v) is 5.10. The molecule has 8 nitrogen and oxygen atoms in total. The standard InChI is InChI=1S/C22H24N4O4/c1-28-16-8-4-6-14(10-16)17-11-18-22(27)24-13-20(26(18)25-17)23-12-15-7-5-9-19(29-2)21(15)30-3/h4-11,20,23H,12-13H2,1-3H3,(H,24,27)/t20-/m1/s1. The second-order valence-electron chi connectivity index (χ2n) is 6.85. The van der Waals surface area contributed by atoms with Gasteiger partial charge in [-0.05, 0) is 24.3 Å². The maximum atomic E-state index is 12.4. The molecule has 2 aromatic carbocycles. The predicted octanol–water partition coefficient (Wildman–Crippen LogP) is 2.61. The van der Waals surface area contributed by atoms with Gasteiger partial charge in [-0.3, -0.25) is 10.1 Å². The second-order valence-corrected chi connectivity index (χ2v) is 6.85. The number of hydrogen-bond donors (Lipinski definition) is 2. The number of benzene rings is 2. The summed E-state index contributed by atoms with van der Waals surface area (Å²) in [6.45, 7) is 0.950. The molecule has 0 unspecified atom stereocenters. The maximum absolute atomic E-state index is 12.4. The molecular formula is C22H24N4O4. The van der Waals surface area contributed by atoms with Crippen molar-refractivity contribution in [3.05, 3.63) is 59.8 Å². The van der Waals surface area contributed by atoms with Crippen LogP contribution in [0.2, 0.25) is 0 Å². The molecule has 1 aromatic heterocycles. The Kier molecular flexibility index (Phi) is 5.58. The van der Waals surface area contributed by atoms with Crippen LogP contribution >= 0.6 is 0 Å². The van der Waals surface area contributed by atoms with Crippen LogP contribution in [0.3, 0.4) is 0 Å². The van der Waals surface area contributed by atoms with Crippen molar-refractivity contribution in [2.75, 3.05) is 27.9 Å². The van der Waals surface area contributed by atoms with E-state index in [1.54, 1.807) is 32.1 Å². The number of ether oxygens (including phenoxy) is 3. The molecule has 0 saturated carbocycles. The Morgan fingerprint density at radius 2 is 1.93 bits per heavy atom. The highest BCUT2D eigenvalue weighted by atomic mass is 16.5. The van der Waals surface area contributed by atoms with Crippen molar-refractivity contribution in [1.82, 2.24) is 20.4 Å². The highest BCUT2D eigenvalue weighted by molar-refractivity contribution is 5.94. The molecule has 2 N–H and O–H groups in total. The molecular weight excluding hydrogens is 384 g/mol. The van der Waals surface area contributed by atoms with Gasteiger partial charge in [-0.25, -0.2) is 4.68 Å². The first kappa shape index (κ1) is 19.8. The van der Waals surface area contributed by atoms with Crippen LogP contribution in [0.5, 0.6) is 17.2 Å². The predicted molar refractivity (Wildman–Crippen MR) is 112 cm³/mol. The quantitative estimate of drug-likeness (QED) is 0.625. The van der Waals surface area contributed by atoms with Crippen molar-refractivity contribution in [3.8, 4) is 28.5 Å². The lowest BCUT2D eigenvalue weighted by molar-refractivity contribution is 0.0900. The molecule has 1 atom stereocenters. The minimum Gasteiger partial charge on any atom is -0.497 e. The van der Waals surface area contributed by atoms with Gasteiger partial charge in [-0.1, -0.05) is 24.3 Å². The van der Waals surface area contributed by atoms with Crippen molar-refractivity contribution >= 4 is 5.91 Å². The zero-order valence-electron chi connectivity index (χ0n) is 17.1. The number of carbonyl (C=O) groups is 1. The normalized spacial score (nSPS) is 15.3. The van der Waals surface area contributed by atoms with Crippen LogP contribution in [-0.2, 0) is 6.54 Å². The Labute approximate surface area is 174 Å². The van der Waals surface area contributed by atoms with Gasteiger partial charge in [-0.15, -0.1) is 0 Å². The average molecular weight is 408 g/mol. The van der Waals surface area contributed by atoms with E-state index in [2.05, 4.69) is 10.6 Å². The zero-order chi connectivity index (χ0) is 21.1. The van der Waals surface area contributed by atoms with E-state index in [0.29, 0.717) is 36.0 Å². The lowest BCUT2D eigenvalue weighted by Gasteiger charge is -2.26. The van der Waals surface area contributed by atoms with Crippen LogP contribution in [-0.4, -0.2) is 43.6 Å². The summed E-state index contributed by atoms with van der Waals surface area (Å²) in [5.41, 5.74) is 3.06. The molecule has 0 fully saturated rings. The molecule has 3 aromatic rings. The van der Waals surface area contributed by atoms with Gasteiger partial charge in [0.15, 0.2) is 11.5 Å². The molecule has 0 bridgehead atoms. The van der Waals surface area contributed by atoms with E-state index in [9.17, 15) is 4.79 Å². The van der Waals surface area contributed by atoms with E-state index in [4.69, 9.17) is 19.3 Å². The van der Waals surface area contributed by atoms with Crippen molar-refractivity contribution in [2.45, 2.75) is 12.7 Å². The summed E-state index contributed by atoms with van der Waals surface area (Å²) in [6.07, 6.45) is -0.201. The minimum absolute atomic E-state index is 0.145. The van der Waals surface area contributed by atoms with Crippen LogP contribution in [0.1, 0.15) is 22.2 Å². The fraction of sp³-hybridized carbons (Fsp3) is 0.273. The van der Waals surface area contributed by atoms with Crippen LogP contribution < -0.4 is 24.8 Å². The van der Waals surface area contributed by atoms with Gasteiger partial charge in [0.2, 0.25) is 0 Å². The molecule has 2 heterocycles. The second kappa shape index (κ2) is 8.46. The molecule has 8 heteroatoms. The van der Waals surface area contributed by atoms with E-state index in [1.807, 2.05) is 42.5 Å². The number of nitrogens with zero attached hydrogens (tertiary/aromatic N) is 2. The number of rotatable bonds is 7. The van der Waals surface area contributed by atoms with Crippen LogP contribution in [0.15, 0.2) is 48.5 Å². The first-order valence-electron chi connectivity index (χ1n) is 9.60. The summed E-state index contributed by atoms with van der Waals surface area (Å²) in [7, 11) is 4.85. The fourth-order valence-corrected chi connectivity index (χ4v) is 3.57. The number of carbonyl (C=O) groups excluding carboxylic acids is 1. The zero-order valence-corrected chi connectivity index (χ0v) is 17.1. The summed E-state index contributed by atoms with van der Waals surface area (Å²) in [5, 5.41) is 11.1. The topological polar surface area (TPSA) is 86.6 Å². The number of nitrogens with one attached hydrogen (secondary N) is 2. The Balaban J connectivity index is 1.60. The highest BCUT2D eigenvalue weighted by Crippen LogP contribution is 2.31. The van der Waals surface area contributed by atoms with Gasteiger partial charge in [0.05, 0.1) is 33.6 Å². The van der Waals surface area contributed by atoms with Gasteiger partial charge >= 0.3 is 0 Å². The first-order valence-corrected chi connectivity index (χ1v) is 9.60. The monoisotopic (exact) mass is 408 g/mol. The van der Waals surface area contributed by atoms with Crippen molar-refractivity contribution < 1.29 is 19.0 Å². The van der Waals surface area contributed by atoms with E-state index in [1.165, 1.54) is 0 Å². The number of amides is 1. The fourth-order valence-electron chi connectivity index (χ4n) is 3.57. The minimum atomic E-state index is -0.201. The van der Waals surface area contributed by atoms with Crippen molar-refractivity contribution in [1.29, 1.82) is 0 Å². The van der Waals surface area contributed by atoms with Crippen LogP contribution in [0.25, 0.3) is 11.3 Å². The average Bonchev–Trinajstić information content (AvgIpc) is 3.25. The summed E-state index contributed by atoms with van der Waals surface area (Å²) in [5.74, 6) is 1.95. The number of aromatic nitrogens is 2. The molecule has 0 aliphatic carbocycles. The lowest BCUT2D eigenvalue weighted by Crippen LogP contribution is -2.45. The third-order valence-electron chi connectivity index (χ3n) is 5.10. The molecule has 1 aliphatic heterocycles. The smallest absolute Gasteiger partial charge is 0.269 e.